The van der Waals surface area contributed by atoms with Gasteiger partial charge in [0, 0.05) is 18.7 Å². The van der Waals surface area contributed by atoms with Crippen LogP contribution in [0.3, 0.4) is 0 Å². The average Bonchev–Trinajstić information content (AvgIpc) is 2.35. The first-order valence-corrected chi connectivity index (χ1v) is 4.38. The molecule has 1 aromatic heterocycles. The predicted molar refractivity (Wildman–Crippen MR) is 51.4 cm³/mol. The van der Waals surface area contributed by atoms with Crippen LogP contribution in [0.1, 0.15) is 17.0 Å². The monoisotopic (exact) mass is 183 g/mol. The van der Waals surface area contributed by atoms with Gasteiger partial charge in [-0.15, -0.1) is 0 Å². The van der Waals surface area contributed by atoms with Crippen LogP contribution in [-0.2, 0) is 13.1 Å². The van der Waals surface area contributed by atoms with Gasteiger partial charge < -0.3 is 14.7 Å². The standard InChI is InChI=1S/C9H17N3O/c1-7-8(5-10-2)9(11-13-7)6-12(3)4/h10H,5-6H2,1-4H3. The average molecular weight is 183 g/mol. The maximum atomic E-state index is 5.13. The van der Waals surface area contributed by atoms with Gasteiger partial charge in [-0.3, -0.25) is 0 Å². The second kappa shape index (κ2) is 4.39. The summed E-state index contributed by atoms with van der Waals surface area (Å²) in [6.45, 7) is 3.59. The van der Waals surface area contributed by atoms with Gasteiger partial charge >= 0.3 is 0 Å². The van der Waals surface area contributed by atoms with Crippen molar-refractivity contribution in [1.29, 1.82) is 0 Å². The zero-order valence-corrected chi connectivity index (χ0v) is 8.72. The molecule has 1 heterocycles. The van der Waals surface area contributed by atoms with Crippen molar-refractivity contribution in [2.24, 2.45) is 0 Å². The number of hydrogen-bond donors (Lipinski definition) is 1. The van der Waals surface area contributed by atoms with Crippen LogP contribution in [0.2, 0.25) is 0 Å². The fraction of sp³-hybridized carbons (Fsp3) is 0.667. The van der Waals surface area contributed by atoms with Crippen LogP contribution in [0.5, 0.6) is 0 Å². The maximum absolute atomic E-state index is 5.13. The lowest BCUT2D eigenvalue weighted by molar-refractivity contribution is 0.355. The highest BCUT2D eigenvalue weighted by molar-refractivity contribution is 5.21. The van der Waals surface area contributed by atoms with E-state index in [-0.39, 0.29) is 0 Å². The molecule has 0 aromatic carbocycles. The van der Waals surface area contributed by atoms with Crippen molar-refractivity contribution in [3.05, 3.63) is 17.0 Å². The third-order valence-corrected chi connectivity index (χ3v) is 1.89. The van der Waals surface area contributed by atoms with Crippen LogP contribution in [0, 0.1) is 6.92 Å². The minimum absolute atomic E-state index is 0.818. The summed E-state index contributed by atoms with van der Waals surface area (Å²) >= 11 is 0. The van der Waals surface area contributed by atoms with Gasteiger partial charge in [0.25, 0.3) is 0 Å². The fourth-order valence-corrected chi connectivity index (χ4v) is 1.26. The molecule has 1 aromatic rings. The molecule has 0 spiro atoms. The minimum Gasteiger partial charge on any atom is -0.361 e. The normalized spacial score (nSPS) is 11.2. The third-order valence-electron chi connectivity index (χ3n) is 1.89. The molecule has 0 unspecified atom stereocenters. The first-order valence-electron chi connectivity index (χ1n) is 4.38. The molecule has 0 bridgehead atoms. The smallest absolute Gasteiger partial charge is 0.138 e. The number of nitrogens with one attached hydrogen (secondary N) is 1. The van der Waals surface area contributed by atoms with Crippen LogP contribution >= 0.6 is 0 Å². The second-order valence-corrected chi connectivity index (χ2v) is 3.43. The molecule has 0 aliphatic rings. The first-order chi connectivity index (χ1) is 6.15. The van der Waals surface area contributed by atoms with E-state index in [1.807, 2.05) is 28.1 Å². The quantitative estimate of drug-likeness (QED) is 0.748. The topological polar surface area (TPSA) is 41.3 Å². The van der Waals surface area contributed by atoms with Gasteiger partial charge in [0.15, 0.2) is 0 Å². The lowest BCUT2D eigenvalue weighted by atomic mass is 10.2. The highest BCUT2D eigenvalue weighted by Crippen LogP contribution is 2.13. The molecule has 0 radical (unpaired) electrons. The Bertz CT molecular complexity index is 268. The van der Waals surface area contributed by atoms with Gasteiger partial charge in [0.1, 0.15) is 11.5 Å². The molecule has 74 valence electrons. The molecule has 0 amide bonds. The summed E-state index contributed by atoms with van der Waals surface area (Å²) in [5.74, 6) is 0.909. The van der Waals surface area contributed by atoms with E-state index < -0.39 is 0 Å². The molecule has 0 atom stereocenters. The minimum atomic E-state index is 0.818. The van der Waals surface area contributed by atoms with Crippen molar-refractivity contribution in [2.45, 2.75) is 20.0 Å². The Labute approximate surface area is 78.9 Å². The Morgan fingerprint density at radius 3 is 2.69 bits per heavy atom. The van der Waals surface area contributed by atoms with E-state index in [4.69, 9.17) is 4.52 Å². The molecule has 0 aliphatic carbocycles. The molecule has 4 heteroatoms. The van der Waals surface area contributed by atoms with Crippen LogP contribution in [-0.4, -0.2) is 31.2 Å². The lowest BCUT2D eigenvalue weighted by Crippen LogP contribution is -2.14. The summed E-state index contributed by atoms with van der Waals surface area (Å²) in [4.78, 5) is 2.08. The van der Waals surface area contributed by atoms with Crippen molar-refractivity contribution < 1.29 is 4.52 Å². The van der Waals surface area contributed by atoms with E-state index >= 15 is 0 Å². The zero-order chi connectivity index (χ0) is 9.84. The second-order valence-electron chi connectivity index (χ2n) is 3.43. The van der Waals surface area contributed by atoms with Crippen LogP contribution in [0.4, 0.5) is 0 Å². The van der Waals surface area contributed by atoms with E-state index in [1.54, 1.807) is 0 Å². The molecule has 0 fully saturated rings. The SMILES string of the molecule is CNCc1c(CN(C)C)noc1C. The lowest BCUT2D eigenvalue weighted by Gasteiger charge is -2.07. The maximum Gasteiger partial charge on any atom is 0.138 e. The van der Waals surface area contributed by atoms with E-state index in [0.29, 0.717) is 0 Å². The van der Waals surface area contributed by atoms with E-state index in [9.17, 15) is 0 Å². The fourth-order valence-electron chi connectivity index (χ4n) is 1.26. The number of aromatic nitrogens is 1. The number of hydrogen-bond acceptors (Lipinski definition) is 4. The molecule has 0 saturated heterocycles. The van der Waals surface area contributed by atoms with E-state index in [0.717, 1.165) is 24.5 Å². The number of rotatable bonds is 4. The predicted octanol–water partition coefficient (Wildman–Crippen LogP) is 0.764. The van der Waals surface area contributed by atoms with Gasteiger partial charge in [0.05, 0.1) is 0 Å². The van der Waals surface area contributed by atoms with Crippen LogP contribution in [0.25, 0.3) is 0 Å². The molecule has 0 saturated carbocycles. The summed E-state index contributed by atoms with van der Waals surface area (Å²) < 4.78 is 5.13. The highest BCUT2D eigenvalue weighted by atomic mass is 16.5. The molecule has 1 rings (SSSR count). The molecular weight excluding hydrogens is 166 g/mol. The number of nitrogens with zero attached hydrogens (tertiary/aromatic N) is 2. The van der Waals surface area contributed by atoms with Gasteiger partial charge in [-0.1, -0.05) is 5.16 Å². The van der Waals surface area contributed by atoms with Crippen molar-refractivity contribution in [2.75, 3.05) is 21.1 Å². The summed E-state index contributed by atoms with van der Waals surface area (Å²) in [5.41, 5.74) is 2.20. The Morgan fingerprint density at radius 2 is 2.15 bits per heavy atom. The van der Waals surface area contributed by atoms with E-state index in [1.165, 1.54) is 5.56 Å². The Morgan fingerprint density at radius 1 is 1.46 bits per heavy atom. The third kappa shape index (κ3) is 2.54. The zero-order valence-electron chi connectivity index (χ0n) is 8.72. The Kier molecular flexibility index (Phi) is 3.45. The van der Waals surface area contributed by atoms with Gasteiger partial charge in [-0.25, -0.2) is 0 Å². The molecule has 4 nitrogen and oxygen atoms in total. The molecular formula is C9H17N3O. The molecule has 1 N–H and O–H groups in total. The molecule has 13 heavy (non-hydrogen) atoms. The highest BCUT2D eigenvalue weighted by Gasteiger charge is 2.11. The molecule has 0 aliphatic heterocycles. The Balaban J connectivity index is 2.80. The van der Waals surface area contributed by atoms with Crippen molar-refractivity contribution in [3.8, 4) is 0 Å². The summed E-state index contributed by atoms with van der Waals surface area (Å²) in [5, 5.41) is 7.12. The van der Waals surface area contributed by atoms with Crippen LogP contribution < -0.4 is 5.32 Å². The van der Waals surface area contributed by atoms with Crippen molar-refractivity contribution in [1.82, 2.24) is 15.4 Å². The van der Waals surface area contributed by atoms with Gasteiger partial charge in [0.2, 0.25) is 0 Å². The van der Waals surface area contributed by atoms with Crippen molar-refractivity contribution >= 4 is 0 Å². The largest absolute Gasteiger partial charge is 0.361 e. The van der Waals surface area contributed by atoms with E-state index in [2.05, 4.69) is 15.4 Å². The summed E-state index contributed by atoms with van der Waals surface area (Å²) in [6, 6.07) is 0. The Hall–Kier alpha value is -0.870. The first kappa shape index (κ1) is 10.2. The van der Waals surface area contributed by atoms with Gasteiger partial charge in [-0.2, -0.15) is 0 Å². The summed E-state index contributed by atoms with van der Waals surface area (Å²) in [7, 11) is 5.96. The van der Waals surface area contributed by atoms with Crippen molar-refractivity contribution in [3.63, 3.8) is 0 Å². The van der Waals surface area contributed by atoms with Gasteiger partial charge in [-0.05, 0) is 28.1 Å². The van der Waals surface area contributed by atoms with Crippen LogP contribution in [0.15, 0.2) is 4.52 Å². The number of aryl methyl sites for hydroxylation is 1. The summed E-state index contributed by atoms with van der Waals surface area (Å²) in [6.07, 6.45) is 0.